The van der Waals surface area contributed by atoms with Crippen molar-refractivity contribution in [3.8, 4) is 0 Å². The minimum absolute atomic E-state index is 0.156. The van der Waals surface area contributed by atoms with E-state index < -0.39 is 0 Å². The average Bonchev–Trinajstić information content (AvgIpc) is 2.62. The number of fused-ring (bicyclic) bond motifs is 5. The molecule has 4 aromatic rings. The largest absolute Gasteiger partial charge is 0.396 e. The van der Waals surface area contributed by atoms with Gasteiger partial charge in [-0.25, -0.2) is 0 Å². The van der Waals surface area contributed by atoms with Crippen molar-refractivity contribution in [1.29, 1.82) is 0 Å². The first-order valence-corrected chi connectivity index (χ1v) is 8.39. The Balaban J connectivity index is 2.09. The molecular formula is C22H20O2. The van der Waals surface area contributed by atoms with E-state index in [9.17, 15) is 10.2 Å². The van der Waals surface area contributed by atoms with Gasteiger partial charge >= 0.3 is 0 Å². The lowest BCUT2D eigenvalue weighted by Crippen LogP contribution is -1.93. The molecule has 0 heterocycles. The highest BCUT2D eigenvalue weighted by Crippen LogP contribution is 2.33. The Kier molecular flexibility index (Phi) is 3.93. The maximum absolute atomic E-state index is 9.39. The van der Waals surface area contributed by atoms with Crippen LogP contribution in [0.25, 0.3) is 32.3 Å². The lowest BCUT2D eigenvalue weighted by atomic mass is 9.92. The second-order valence-corrected chi connectivity index (χ2v) is 6.24. The second kappa shape index (κ2) is 6.23. The summed E-state index contributed by atoms with van der Waals surface area (Å²) in [5, 5.41) is 25.9. The van der Waals surface area contributed by atoms with E-state index in [0.717, 1.165) is 5.56 Å². The number of aliphatic hydroxyl groups excluding tert-OH is 2. The monoisotopic (exact) mass is 316 g/mol. The molecule has 0 aromatic heterocycles. The fraction of sp³-hybridized carbons (Fsp3) is 0.182. The van der Waals surface area contributed by atoms with Crippen LogP contribution < -0.4 is 0 Å². The van der Waals surface area contributed by atoms with Crippen LogP contribution in [-0.2, 0) is 12.8 Å². The molecule has 0 unspecified atom stereocenters. The normalized spacial score (nSPS) is 11.6. The van der Waals surface area contributed by atoms with Gasteiger partial charge in [0.1, 0.15) is 0 Å². The molecular weight excluding hydrogens is 296 g/mol. The predicted octanol–water partition coefficient (Wildman–Crippen LogP) is 4.22. The first-order valence-electron chi connectivity index (χ1n) is 8.39. The number of hydrogen-bond donors (Lipinski definition) is 2. The zero-order chi connectivity index (χ0) is 16.5. The van der Waals surface area contributed by atoms with E-state index in [0.29, 0.717) is 12.8 Å². The summed E-state index contributed by atoms with van der Waals surface area (Å²) in [5.74, 6) is 0. The first-order chi connectivity index (χ1) is 11.8. The standard InChI is InChI=1S/C22H20O2/c23-12-10-15-4-5-16-6-9-20-19(21(16)14-15)8-7-17-2-1-3-18(11-13-24)22(17)20/h1-9,14,23-24H,10-13H2. The average molecular weight is 316 g/mol. The SMILES string of the molecule is OCCc1ccc2ccc3c(ccc4cccc(CCO)c43)c2c1. The van der Waals surface area contributed by atoms with E-state index in [-0.39, 0.29) is 13.2 Å². The Morgan fingerprint density at radius 2 is 1.38 bits per heavy atom. The summed E-state index contributed by atoms with van der Waals surface area (Å²) in [7, 11) is 0. The van der Waals surface area contributed by atoms with Gasteiger partial charge in [-0.05, 0) is 56.3 Å². The van der Waals surface area contributed by atoms with Crippen LogP contribution in [0.15, 0.2) is 60.7 Å². The van der Waals surface area contributed by atoms with E-state index in [4.69, 9.17) is 0 Å². The first kappa shape index (κ1) is 15.1. The molecule has 0 amide bonds. The van der Waals surface area contributed by atoms with Crippen molar-refractivity contribution in [1.82, 2.24) is 0 Å². The zero-order valence-corrected chi connectivity index (χ0v) is 13.5. The fourth-order valence-corrected chi connectivity index (χ4v) is 3.66. The highest BCUT2D eigenvalue weighted by Gasteiger charge is 2.08. The molecule has 0 radical (unpaired) electrons. The van der Waals surface area contributed by atoms with Crippen LogP contribution in [0.5, 0.6) is 0 Å². The van der Waals surface area contributed by atoms with Gasteiger partial charge in [-0.1, -0.05) is 60.7 Å². The number of hydrogen-bond acceptors (Lipinski definition) is 2. The molecule has 2 N–H and O–H groups in total. The molecule has 4 rings (SSSR count). The van der Waals surface area contributed by atoms with Gasteiger partial charge in [-0.3, -0.25) is 0 Å². The summed E-state index contributed by atoms with van der Waals surface area (Å²) in [6, 6.07) is 21.4. The molecule has 0 bridgehead atoms. The van der Waals surface area contributed by atoms with E-state index in [2.05, 4.69) is 60.7 Å². The van der Waals surface area contributed by atoms with Gasteiger partial charge in [-0.15, -0.1) is 0 Å². The summed E-state index contributed by atoms with van der Waals surface area (Å²) >= 11 is 0. The van der Waals surface area contributed by atoms with Crippen molar-refractivity contribution in [2.75, 3.05) is 13.2 Å². The third-order valence-corrected chi connectivity index (χ3v) is 4.79. The maximum atomic E-state index is 9.39. The number of benzene rings is 4. The Labute approximate surface area is 141 Å². The quantitative estimate of drug-likeness (QED) is 0.554. The topological polar surface area (TPSA) is 40.5 Å². The highest BCUT2D eigenvalue weighted by molar-refractivity contribution is 6.18. The molecule has 0 fully saturated rings. The van der Waals surface area contributed by atoms with Crippen LogP contribution in [-0.4, -0.2) is 23.4 Å². The summed E-state index contributed by atoms with van der Waals surface area (Å²) in [6.45, 7) is 0.323. The van der Waals surface area contributed by atoms with Gasteiger partial charge in [0.05, 0.1) is 0 Å². The summed E-state index contributed by atoms with van der Waals surface area (Å²) in [5.41, 5.74) is 2.34. The van der Waals surface area contributed by atoms with Crippen LogP contribution in [0, 0.1) is 0 Å². The van der Waals surface area contributed by atoms with Crippen molar-refractivity contribution in [2.45, 2.75) is 12.8 Å². The lowest BCUT2D eigenvalue weighted by Gasteiger charge is -2.12. The molecule has 2 heteroatoms. The molecule has 4 aromatic carbocycles. The van der Waals surface area contributed by atoms with E-state index in [1.54, 1.807) is 0 Å². The number of aliphatic hydroxyl groups is 2. The Hall–Kier alpha value is -2.42. The molecule has 0 aliphatic heterocycles. The fourth-order valence-electron chi connectivity index (χ4n) is 3.66. The molecule has 0 saturated carbocycles. The minimum Gasteiger partial charge on any atom is -0.396 e. The zero-order valence-electron chi connectivity index (χ0n) is 13.5. The van der Waals surface area contributed by atoms with Gasteiger partial charge in [0.25, 0.3) is 0 Å². The van der Waals surface area contributed by atoms with Crippen molar-refractivity contribution < 1.29 is 10.2 Å². The second-order valence-electron chi connectivity index (χ2n) is 6.24. The van der Waals surface area contributed by atoms with Crippen molar-refractivity contribution in [3.63, 3.8) is 0 Å². The Morgan fingerprint density at radius 3 is 2.21 bits per heavy atom. The Morgan fingerprint density at radius 1 is 0.625 bits per heavy atom. The number of rotatable bonds is 4. The van der Waals surface area contributed by atoms with E-state index in [1.165, 1.54) is 37.9 Å². The van der Waals surface area contributed by atoms with Gasteiger partial charge in [0.15, 0.2) is 0 Å². The van der Waals surface area contributed by atoms with Gasteiger partial charge in [-0.2, -0.15) is 0 Å². The highest BCUT2D eigenvalue weighted by atomic mass is 16.3. The molecule has 0 spiro atoms. The summed E-state index contributed by atoms with van der Waals surface area (Å²) in [6.07, 6.45) is 1.34. The third-order valence-electron chi connectivity index (χ3n) is 4.79. The predicted molar refractivity (Wildman–Crippen MR) is 101 cm³/mol. The van der Waals surface area contributed by atoms with Crippen molar-refractivity contribution >= 4 is 32.3 Å². The Bertz CT molecular complexity index is 1030. The molecule has 2 nitrogen and oxygen atoms in total. The van der Waals surface area contributed by atoms with Crippen molar-refractivity contribution in [2.24, 2.45) is 0 Å². The molecule has 120 valence electrons. The van der Waals surface area contributed by atoms with Crippen LogP contribution in [0.2, 0.25) is 0 Å². The van der Waals surface area contributed by atoms with E-state index >= 15 is 0 Å². The summed E-state index contributed by atoms with van der Waals surface area (Å²) in [4.78, 5) is 0. The van der Waals surface area contributed by atoms with E-state index in [1.807, 2.05) is 0 Å². The molecule has 0 atom stereocenters. The third kappa shape index (κ3) is 2.44. The van der Waals surface area contributed by atoms with Gasteiger partial charge in [0.2, 0.25) is 0 Å². The minimum atomic E-state index is 0.156. The molecule has 0 aliphatic carbocycles. The van der Waals surface area contributed by atoms with Crippen molar-refractivity contribution in [3.05, 3.63) is 71.8 Å². The maximum Gasteiger partial charge on any atom is 0.0471 e. The molecule has 24 heavy (non-hydrogen) atoms. The van der Waals surface area contributed by atoms with Crippen LogP contribution in [0.3, 0.4) is 0 Å². The smallest absolute Gasteiger partial charge is 0.0471 e. The molecule has 0 aliphatic rings. The van der Waals surface area contributed by atoms with Gasteiger partial charge in [0, 0.05) is 13.2 Å². The van der Waals surface area contributed by atoms with Crippen LogP contribution in [0.4, 0.5) is 0 Å². The van der Waals surface area contributed by atoms with Gasteiger partial charge < -0.3 is 10.2 Å². The lowest BCUT2D eigenvalue weighted by molar-refractivity contribution is 0.299. The summed E-state index contributed by atoms with van der Waals surface area (Å²) < 4.78 is 0. The van der Waals surface area contributed by atoms with Crippen LogP contribution >= 0.6 is 0 Å². The molecule has 0 saturated heterocycles. The van der Waals surface area contributed by atoms with Crippen LogP contribution in [0.1, 0.15) is 11.1 Å².